The van der Waals surface area contributed by atoms with Crippen molar-refractivity contribution in [2.24, 2.45) is 16.5 Å². The van der Waals surface area contributed by atoms with Gasteiger partial charge in [0, 0.05) is 18.8 Å². The molecular weight excluding hydrogens is 460 g/mol. The first-order valence-corrected chi connectivity index (χ1v) is 12.2. The Labute approximate surface area is 211 Å². The number of nitrogens with zero attached hydrogens (tertiary/aromatic N) is 2. The number of fused-ring (bicyclic) bond motifs is 1. The molecule has 2 aromatic rings. The quantitative estimate of drug-likeness (QED) is 0.250. The lowest BCUT2D eigenvalue weighted by Crippen LogP contribution is -2.53. The van der Waals surface area contributed by atoms with Crippen LogP contribution in [0.1, 0.15) is 46.5 Å². The summed E-state index contributed by atoms with van der Waals surface area (Å²) in [6.07, 6.45) is 1.29. The molecule has 10 nitrogen and oxygen atoms in total. The lowest BCUT2D eigenvalue weighted by atomic mass is 10.1. The molecule has 0 spiro atoms. The summed E-state index contributed by atoms with van der Waals surface area (Å²) < 4.78 is 5.35. The summed E-state index contributed by atoms with van der Waals surface area (Å²) in [5.41, 5.74) is 10.7. The fourth-order valence-electron chi connectivity index (χ4n) is 4.21. The summed E-state index contributed by atoms with van der Waals surface area (Å²) in [4.78, 5) is 44.6. The molecule has 0 aromatic heterocycles. The van der Waals surface area contributed by atoms with Crippen LogP contribution in [-0.2, 0) is 14.3 Å². The van der Waals surface area contributed by atoms with Crippen LogP contribution in [0.4, 0.5) is 10.5 Å². The fourth-order valence-corrected chi connectivity index (χ4v) is 4.21. The zero-order valence-electron chi connectivity index (χ0n) is 21.1. The highest BCUT2D eigenvalue weighted by molar-refractivity contribution is 6.00. The van der Waals surface area contributed by atoms with Crippen molar-refractivity contribution in [1.29, 1.82) is 0 Å². The van der Waals surface area contributed by atoms with Crippen molar-refractivity contribution in [3.63, 3.8) is 0 Å². The number of alkyl carbamates (subject to hydrolysis) is 1. The Morgan fingerprint density at radius 3 is 2.56 bits per heavy atom. The molecule has 0 saturated carbocycles. The molecule has 6 N–H and O–H groups in total. The topological polar surface area (TPSA) is 152 Å². The Balaban J connectivity index is 1.71. The van der Waals surface area contributed by atoms with Crippen molar-refractivity contribution in [2.75, 3.05) is 18.4 Å². The van der Waals surface area contributed by atoms with Gasteiger partial charge in [0.25, 0.3) is 0 Å². The Bertz CT molecular complexity index is 1120. The van der Waals surface area contributed by atoms with Crippen molar-refractivity contribution < 1.29 is 19.1 Å². The third-order valence-electron chi connectivity index (χ3n) is 5.79. The van der Waals surface area contributed by atoms with Gasteiger partial charge >= 0.3 is 6.09 Å². The van der Waals surface area contributed by atoms with Gasteiger partial charge < -0.3 is 31.7 Å². The molecule has 1 heterocycles. The van der Waals surface area contributed by atoms with Crippen LogP contribution in [0.25, 0.3) is 10.8 Å². The third kappa shape index (κ3) is 7.59. The summed E-state index contributed by atoms with van der Waals surface area (Å²) in [5, 5.41) is 7.70. The smallest absolute Gasteiger partial charge is 0.408 e. The molecule has 194 valence electrons. The average Bonchev–Trinajstić information content (AvgIpc) is 3.29. The van der Waals surface area contributed by atoms with Crippen LogP contribution in [0.2, 0.25) is 0 Å². The van der Waals surface area contributed by atoms with Crippen LogP contribution in [-0.4, -0.2) is 59.5 Å². The van der Waals surface area contributed by atoms with Gasteiger partial charge in [0.05, 0.1) is 0 Å². The van der Waals surface area contributed by atoms with Crippen LogP contribution in [0.3, 0.4) is 0 Å². The van der Waals surface area contributed by atoms with Crippen LogP contribution in [0.15, 0.2) is 47.5 Å². The van der Waals surface area contributed by atoms with Gasteiger partial charge in [-0.15, -0.1) is 0 Å². The molecule has 2 atom stereocenters. The van der Waals surface area contributed by atoms with Gasteiger partial charge in [-0.1, -0.05) is 30.3 Å². The van der Waals surface area contributed by atoms with E-state index < -0.39 is 23.8 Å². The molecule has 2 unspecified atom stereocenters. The summed E-state index contributed by atoms with van der Waals surface area (Å²) in [6, 6.07) is 12.1. The van der Waals surface area contributed by atoms with Crippen LogP contribution in [0.5, 0.6) is 0 Å². The summed E-state index contributed by atoms with van der Waals surface area (Å²) in [5.74, 6) is -0.627. The Morgan fingerprint density at radius 2 is 1.86 bits per heavy atom. The Kier molecular flexibility index (Phi) is 8.73. The van der Waals surface area contributed by atoms with E-state index in [1.807, 2.05) is 42.5 Å². The maximum Gasteiger partial charge on any atom is 0.408 e. The molecule has 0 radical (unpaired) electrons. The molecule has 1 fully saturated rings. The van der Waals surface area contributed by atoms with E-state index in [1.54, 1.807) is 25.7 Å². The number of ether oxygens (including phenoxy) is 1. The van der Waals surface area contributed by atoms with Crippen LogP contribution < -0.4 is 22.1 Å². The van der Waals surface area contributed by atoms with E-state index in [4.69, 9.17) is 16.2 Å². The number of nitrogens with one attached hydrogen (secondary N) is 2. The Morgan fingerprint density at radius 1 is 1.14 bits per heavy atom. The lowest BCUT2D eigenvalue weighted by molar-refractivity contribution is -0.138. The third-order valence-corrected chi connectivity index (χ3v) is 5.79. The summed E-state index contributed by atoms with van der Waals surface area (Å²) in [6.45, 7) is 5.98. The van der Waals surface area contributed by atoms with Crippen molar-refractivity contribution >= 4 is 40.3 Å². The van der Waals surface area contributed by atoms with Gasteiger partial charge in [0.2, 0.25) is 11.8 Å². The normalized spacial score (nSPS) is 16.3. The lowest BCUT2D eigenvalue weighted by Gasteiger charge is -2.29. The number of guanidine groups is 1. The first-order valence-electron chi connectivity index (χ1n) is 12.2. The van der Waals surface area contributed by atoms with E-state index >= 15 is 0 Å². The molecule has 10 heteroatoms. The maximum atomic E-state index is 13.5. The summed E-state index contributed by atoms with van der Waals surface area (Å²) in [7, 11) is 0. The molecule has 0 aliphatic carbocycles. The molecule has 36 heavy (non-hydrogen) atoms. The minimum Gasteiger partial charge on any atom is -0.444 e. The van der Waals surface area contributed by atoms with Crippen molar-refractivity contribution in [3.8, 4) is 0 Å². The number of rotatable bonds is 8. The second-order valence-corrected chi connectivity index (χ2v) is 9.89. The molecule has 1 aliphatic heterocycles. The molecular formula is C26H36N6O4. The number of hydrogen-bond donors (Lipinski definition) is 4. The van der Waals surface area contributed by atoms with E-state index in [1.165, 1.54) is 0 Å². The predicted molar refractivity (Wildman–Crippen MR) is 140 cm³/mol. The zero-order valence-corrected chi connectivity index (χ0v) is 21.1. The zero-order chi connectivity index (χ0) is 26.3. The molecule has 0 bridgehead atoms. The minimum atomic E-state index is -0.872. The predicted octanol–water partition coefficient (Wildman–Crippen LogP) is 2.72. The van der Waals surface area contributed by atoms with Crippen molar-refractivity contribution in [2.45, 2.75) is 64.1 Å². The number of benzene rings is 2. The van der Waals surface area contributed by atoms with Gasteiger partial charge in [0.15, 0.2) is 5.96 Å². The molecule has 3 amide bonds. The van der Waals surface area contributed by atoms with E-state index in [0.29, 0.717) is 44.5 Å². The highest BCUT2D eigenvalue weighted by atomic mass is 16.6. The van der Waals surface area contributed by atoms with Gasteiger partial charge in [0.1, 0.15) is 17.7 Å². The van der Waals surface area contributed by atoms with E-state index in [0.717, 1.165) is 10.8 Å². The number of carbonyl (C=O) groups excluding carboxylic acids is 3. The van der Waals surface area contributed by atoms with Crippen LogP contribution in [0, 0.1) is 0 Å². The van der Waals surface area contributed by atoms with Gasteiger partial charge in [-0.3, -0.25) is 14.6 Å². The number of amides is 3. The van der Waals surface area contributed by atoms with E-state index in [-0.39, 0.29) is 17.8 Å². The number of likely N-dealkylation sites (tertiary alicyclic amines) is 1. The molecule has 2 aromatic carbocycles. The largest absolute Gasteiger partial charge is 0.444 e. The van der Waals surface area contributed by atoms with E-state index in [2.05, 4.69) is 15.6 Å². The maximum absolute atomic E-state index is 13.5. The van der Waals surface area contributed by atoms with Gasteiger partial charge in [-0.2, -0.15) is 0 Å². The molecule has 1 saturated heterocycles. The SMILES string of the molecule is CC(C)(C)OC(=O)NC(CCCN=C(N)N)C(=O)N1CCCC1C(=O)Nc1ccc2ccccc2c1. The molecule has 3 rings (SSSR count). The van der Waals surface area contributed by atoms with Crippen molar-refractivity contribution in [1.82, 2.24) is 10.2 Å². The monoisotopic (exact) mass is 496 g/mol. The first-order chi connectivity index (χ1) is 17.0. The highest BCUT2D eigenvalue weighted by Gasteiger charge is 2.38. The number of anilines is 1. The number of aliphatic imine (C=N–C) groups is 1. The number of nitrogens with two attached hydrogens (primary N) is 2. The van der Waals surface area contributed by atoms with Crippen molar-refractivity contribution in [3.05, 3.63) is 42.5 Å². The fraction of sp³-hybridized carbons (Fsp3) is 0.462. The summed E-state index contributed by atoms with van der Waals surface area (Å²) >= 11 is 0. The number of carbonyl (C=O) groups is 3. The van der Waals surface area contributed by atoms with E-state index in [9.17, 15) is 14.4 Å². The number of hydrogen-bond acceptors (Lipinski definition) is 5. The average molecular weight is 497 g/mol. The second kappa shape index (κ2) is 11.7. The minimum absolute atomic E-state index is 0.0389. The second-order valence-electron chi connectivity index (χ2n) is 9.89. The standard InChI is InChI=1S/C26H36N6O4/c1-26(2,3)36-25(35)31-20(10-6-14-29-24(27)28)23(34)32-15-7-11-21(32)22(33)30-19-13-12-17-8-4-5-9-18(17)16-19/h4-5,8-9,12-13,16,20-21H,6-7,10-11,14-15H2,1-3H3,(H,30,33)(H,31,35)(H4,27,28,29). The highest BCUT2D eigenvalue weighted by Crippen LogP contribution is 2.23. The Hall–Kier alpha value is -3.82. The van der Waals surface area contributed by atoms with Gasteiger partial charge in [-0.25, -0.2) is 4.79 Å². The van der Waals surface area contributed by atoms with Crippen LogP contribution >= 0.6 is 0 Å². The van der Waals surface area contributed by atoms with Gasteiger partial charge in [-0.05, 0) is 69.4 Å². The first kappa shape index (κ1) is 26.8. The molecule has 1 aliphatic rings.